The van der Waals surface area contributed by atoms with Crippen molar-refractivity contribution >= 4 is 72.6 Å². The molecule has 3 rings (SSSR count). The zero-order valence-electron chi connectivity index (χ0n) is 14.3. The zero-order chi connectivity index (χ0) is 19.4. The van der Waals surface area contributed by atoms with Crippen LogP contribution < -0.4 is 16.4 Å². The van der Waals surface area contributed by atoms with E-state index in [0.717, 1.165) is 20.3 Å². The Morgan fingerprint density at radius 1 is 1.26 bits per heavy atom. The second-order valence-corrected chi connectivity index (χ2v) is 8.36. The molecule has 0 atom stereocenters. The molecular formula is C17H16BrN5O2S2. The van der Waals surface area contributed by atoms with E-state index in [4.69, 9.17) is 5.73 Å². The van der Waals surface area contributed by atoms with E-state index in [1.165, 1.54) is 23.1 Å². The third kappa shape index (κ3) is 5.18. The van der Waals surface area contributed by atoms with E-state index < -0.39 is 0 Å². The largest absolute Gasteiger partial charge is 0.383 e. The number of aromatic nitrogens is 2. The lowest BCUT2D eigenvalue weighted by Gasteiger charge is -2.09. The maximum absolute atomic E-state index is 12.0. The topological polar surface area (TPSA) is 110 Å². The molecule has 1 aromatic carbocycles. The molecule has 2 aromatic heterocycles. The number of thioether (sulfide) groups is 1. The van der Waals surface area contributed by atoms with Crippen molar-refractivity contribution in [3.05, 3.63) is 39.7 Å². The van der Waals surface area contributed by atoms with Gasteiger partial charge in [-0.2, -0.15) is 0 Å². The number of nitrogens with two attached hydrogens (primary N) is 1. The van der Waals surface area contributed by atoms with Crippen LogP contribution in [-0.4, -0.2) is 34.1 Å². The second kappa shape index (κ2) is 8.68. The molecule has 4 N–H and O–H groups in total. The number of nitrogens with zero attached hydrogens (tertiary/aromatic N) is 2. The lowest BCUT2D eigenvalue weighted by molar-refractivity contribution is -0.122. The van der Waals surface area contributed by atoms with Gasteiger partial charge in [-0.3, -0.25) is 9.59 Å². The third-order valence-electron chi connectivity index (χ3n) is 3.58. The molecule has 0 aliphatic carbocycles. The van der Waals surface area contributed by atoms with E-state index in [-0.39, 0.29) is 24.1 Å². The molecule has 27 heavy (non-hydrogen) atoms. The highest BCUT2D eigenvalue weighted by Crippen LogP contribution is 2.26. The Hall–Kier alpha value is -2.17. The minimum absolute atomic E-state index is 0.0981. The standard InChI is InChI=1S/C17H16BrN5O2S2/c1-9-6-10(18)2-3-12(9)21-13(24)7-20-14(25)8-27-17-22-15(19)11-4-5-26-16(11)23-17/h2-6H,7-8H2,1H3,(H,20,25)(H,21,24)(H2,19,22,23). The molecular weight excluding hydrogens is 450 g/mol. The van der Waals surface area contributed by atoms with Gasteiger partial charge in [-0.05, 0) is 42.1 Å². The van der Waals surface area contributed by atoms with Gasteiger partial charge >= 0.3 is 0 Å². The quantitative estimate of drug-likeness (QED) is 0.380. The van der Waals surface area contributed by atoms with Crippen LogP contribution in [0.5, 0.6) is 0 Å². The monoisotopic (exact) mass is 465 g/mol. The molecule has 0 fully saturated rings. The Morgan fingerprint density at radius 3 is 2.85 bits per heavy atom. The Bertz CT molecular complexity index is 1010. The number of halogens is 1. The molecule has 0 unspecified atom stereocenters. The van der Waals surface area contributed by atoms with Crippen molar-refractivity contribution in [3.63, 3.8) is 0 Å². The summed E-state index contributed by atoms with van der Waals surface area (Å²) in [5.74, 6) is -0.0789. The summed E-state index contributed by atoms with van der Waals surface area (Å²) < 4.78 is 0.937. The number of aryl methyl sites for hydroxylation is 1. The fraction of sp³-hybridized carbons (Fsp3) is 0.176. The maximum Gasteiger partial charge on any atom is 0.243 e. The van der Waals surface area contributed by atoms with Crippen molar-refractivity contribution in [1.82, 2.24) is 15.3 Å². The lowest BCUT2D eigenvalue weighted by Crippen LogP contribution is -2.34. The van der Waals surface area contributed by atoms with Crippen LogP contribution in [0.25, 0.3) is 10.2 Å². The molecule has 2 amide bonds. The minimum Gasteiger partial charge on any atom is -0.383 e. The van der Waals surface area contributed by atoms with Crippen LogP contribution in [0, 0.1) is 6.92 Å². The number of thiophene rings is 1. The Labute approximate surface area is 172 Å². The molecule has 3 aromatic rings. The molecule has 0 radical (unpaired) electrons. The number of hydrogen-bond donors (Lipinski definition) is 3. The van der Waals surface area contributed by atoms with Crippen molar-refractivity contribution in [3.8, 4) is 0 Å². The number of carbonyl (C=O) groups is 2. The molecule has 0 saturated carbocycles. The van der Waals surface area contributed by atoms with Gasteiger partial charge in [-0.25, -0.2) is 9.97 Å². The average Bonchev–Trinajstić information content (AvgIpc) is 3.10. The first-order valence-electron chi connectivity index (χ1n) is 7.88. The molecule has 0 aliphatic rings. The summed E-state index contributed by atoms with van der Waals surface area (Å²) in [7, 11) is 0. The van der Waals surface area contributed by atoms with E-state index in [2.05, 4.69) is 36.5 Å². The number of nitrogens with one attached hydrogen (secondary N) is 2. The summed E-state index contributed by atoms with van der Waals surface area (Å²) in [5.41, 5.74) is 7.52. The second-order valence-electron chi connectivity index (χ2n) is 5.60. The molecule has 7 nitrogen and oxygen atoms in total. The lowest BCUT2D eigenvalue weighted by atomic mass is 10.2. The SMILES string of the molecule is Cc1cc(Br)ccc1NC(=O)CNC(=O)CSc1nc(N)c2ccsc2n1. The van der Waals surface area contributed by atoms with Crippen molar-refractivity contribution in [2.24, 2.45) is 0 Å². The predicted octanol–water partition coefficient (Wildman–Crippen LogP) is 3.19. The molecule has 140 valence electrons. The summed E-state index contributed by atoms with van der Waals surface area (Å²) in [6.07, 6.45) is 0. The van der Waals surface area contributed by atoms with Gasteiger partial charge in [0.1, 0.15) is 10.6 Å². The van der Waals surface area contributed by atoms with Gasteiger partial charge in [0.25, 0.3) is 0 Å². The van der Waals surface area contributed by atoms with Crippen LogP contribution in [0.2, 0.25) is 0 Å². The molecule has 2 heterocycles. The van der Waals surface area contributed by atoms with Crippen molar-refractivity contribution in [2.75, 3.05) is 23.3 Å². The van der Waals surface area contributed by atoms with Gasteiger partial charge in [0, 0.05) is 10.2 Å². The van der Waals surface area contributed by atoms with Crippen LogP contribution in [0.15, 0.2) is 39.3 Å². The smallest absolute Gasteiger partial charge is 0.243 e. The summed E-state index contributed by atoms with van der Waals surface area (Å²) >= 11 is 6.02. The number of benzene rings is 1. The maximum atomic E-state index is 12.0. The first kappa shape index (κ1) is 19.6. The van der Waals surface area contributed by atoms with Crippen LogP contribution in [-0.2, 0) is 9.59 Å². The summed E-state index contributed by atoms with van der Waals surface area (Å²) in [5, 5.41) is 8.50. The van der Waals surface area contributed by atoms with Crippen LogP contribution in [0.4, 0.5) is 11.5 Å². The fourth-order valence-electron chi connectivity index (χ4n) is 2.24. The summed E-state index contributed by atoms with van der Waals surface area (Å²) in [6.45, 7) is 1.79. The summed E-state index contributed by atoms with van der Waals surface area (Å²) in [4.78, 5) is 33.3. The molecule has 0 aliphatic heterocycles. The number of nitrogen functional groups attached to an aromatic ring is 1. The van der Waals surface area contributed by atoms with E-state index >= 15 is 0 Å². The predicted molar refractivity (Wildman–Crippen MR) is 113 cm³/mol. The highest BCUT2D eigenvalue weighted by atomic mass is 79.9. The third-order valence-corrected chi connectivity index (χ3v) is 5.72. The van der Waals surface area contributed by atoms with Crippen LogP contribution in [0.3, 0.4) is 0 Å². The zero-order valence-corrected chi connectivity index (χ0v) is 17.5. The van der Waals surface area contributed by atoms with E-state index in [0.29, 0.717) is 16.7 Å². The molecule has 0 saturated heterocycles. The molecule has 10 heteroatoms. The number of fused-ring (bicyclic) bond motifs is 1. The molecule has 0 bridgehead atoms. The van der Waals surface area contributed by atoms with Crippen LogP contribution >= 0.6 is 39.0 Å². The van der Waals surface area contributed by atoms with E-state index in [1.54, 1.807) is 6.07 Å². The number of rotatable bonds is 6. The number of anilines is 2. The molecule has 0 spiro atoms. The van der Waals surface area contributed by atoms with Gasteiger partial charge in [-0.1, -0.05) is 27.7 Å². The average molecular weight is 466 g/mol. The van der Waals surface area contributed by atoms with Gasteiger partial charge in [0.2, 0.25) is 11.8 Å². The van der Waals surface area contributed by atoms with E-state index in [1.807, 2.05) is 30.5 Å². The Morgan fingerprint density at radius 2 is 2.07 bits per heavy atom. The summed E-state index contributed by atoms with van der Waals surface area (Å²) in [6, 6.07) is 7.41. The van der Waals surface area contributed by atoms with Crippen molar-refractivity contribution in [2.45, 2.75) is 12.1 Å². The van der Waals surface area contributed by atoms with Crippen molar-refractivity contribution in [1.29, 1.82) is 0 Å². The normalized spacial score (nSPS) is 10.7. The first-order valence-corrected chi connectivity index (χ1v) is 10.5. The van der Waals surface area contributed by atoms with Gasteiger partial charge in [0.15, 0.2) is 5.16 Å². The van der Waals surface area contributed by atoms with Gasteiger partial charge in [0.05, 0.1) is 17.7 Å². The number of hydrogen-bond acceptors (Lipinski definition) is 7. The number of carbonyl (C=O) groups excluding carboxylic acids is 2. The number of amides is 2. The highest BCUT2D eigenvalue weighted by Gasteiger charge is 2.11. The Kier molecular flexibility index (Phi) is 6.30. The van der Waals surface area contributed by atoms with Crippen molar-refractivity contribution < 1.29 is 9.59 Å². The Balaban J connectivity index is 1.48. The van der Waals surface area contributed by atoms with Gasteiger partial charge in [-0.15, -0.1) is 11.3 Å². The van der Waals surface area contributed by atoms with Crippen LogP contribution in [0.1, 0.15) is 5.56 Å². The first-order chi connectivity index (χ1) is 12.9. The van der Waals surface area contributed by atoms with Gasteiger partial charge < -0.3 is 16.4 Å². The van der Waals surface area contributed by atoms with E-state index in [9.17, 15) is 9.59 Å². The fourth-order valence-corrected chi connectivity index (χ4v) is 4.23. The highest BCUT2D eigenvalue weighted by molar-refractivity contribution is 9.10. The minimum atomic E-state index is -0.292.